The van der Waals surface area contributed by atoms with E-state index in [1.165, 1.54) is 11.1 Å². The lowest BCUT2D eigenvalue weighted by Crippen LogP contribution is -2.23. The molecule has 0 aliphatic carbocycles. The molecule has 0 saturated heterocycles. The van der Waals surface area contributed by atoms with Crippen molar-refractivity contribution in [2.45, 2.75) is 27.3 Å². The first-order valence-corrected chi connectivity index (χ1v) is 9.01. The highest BCUT2D eigenvalue weighted by Gasteiger charge is 2.14. The number of aromatic nitrogens is 2. The van der Waals surface area contributed by atoms with Gasteiger partial charge < -0.3 is 9.80 Å². The van der Waals surface area contributed by atoms with Crippen molar-refractivity contribution in [1.82, 2.24) is 9.97 Å². The van der Waals surface area contributed by atoms with Gasteiger partial charge in [0.2, 0.25) is 5.95 Å². The van der Waals surface area contributed by atoms with E-state index in [9.17, 15) is 0 Å². The number of aryl methyl sites for hydroxylation is 2. The van der Waals surface area contributed by atoms with E-state index in [1.807, 2.05) is 26.1 Å². The van der Waals surface area contributed by atoms with Crippen LogP contribution >= 0.6 is 0 Å². The second-order valence-corrected chi connectivity index (χ2v) is 6.59. The molecule has 0 bridgehead atoms. The van der Waals surface area contributed by atoms with Crippen molar-refractivity contribution < 1.29 is 0 Å². The van der Waals surface area contributed by atoms with Crippen LogP contribution in [-0.4, -0.2) is 23.6 Å². The van der Waals surface area contributed by atoms with E-state index in [-0.39, 0.29) is 0 Å². The van der Waals surface area contributed by atoms with Gasteiger partial charge in [0, 0.05) is 37.6 Å². The number of benzene rings is 2. The summed E-state index contributed by atoms with van der Waals surface area (Å²) in [4.78, 5) is 13.8. The fraction of sp³-hybridized carbons (Fsp3) is 0.273. The third kappa shape index (κ3) is 4.20. The quantitative estimate of drug-likeness (QED) is 0.636. The average Bonchev–Trinajstić information content (AvgIpc) is 2.63. The van der Waals surface area contributed by atoms with Gasteiger partial charge in [0.05, 0.1) is 0 Å². The Hall–Kier alpha value is -2.88. The molecule has 0 fully saturated rings. The highest BCUT2D eigenvalue weighted by molar-refractivity contribution is 5.62. The molecule has 4 heteroatoms. The van der Waals surface area contributed by atoms with Crippen LogP contribution in [0.4, 0.5) is 17.5 Å². The molecule has 3 rings (SSSR count). The summed E-state index contributed by atoms with van der Waals surface area (Å²) in [5, 5.41) is 0. The van der Waals surface area contributed by atoms with Crippen LogP contribution in [-0.2, 0) is 6.54 Å². The van der Waals surface area contributed by atoms with Crippen LogP contribution in [0.25, 0.3) is 0 Å². The summed E-state index contributed by atoms with van der Waals surface area (Å²) < 4.78 is 0. The second kappa shape index (κ2) is 8.00. The summed E-state index contributed by atoms with van der Waals surface area (Å²) >= 11 is 0. The fourth-order valence-corrected chi connectivity index (χ4v) is 3.05. The van der Waals surface area contributed by atoms with Gasteiger partial charge in [-0.2, -0.15) is 4.98 Å². The van der Waals surface area contributed by atoms with Crippen LogP contribution < -0.4 is 9.80 Å². The van der Waals surface area contributed by atoms with Crippen molar-refractivity contribution in [3.05, 3.63) is 77.5 Å². The lowest BCUT2D eigenvalue weighted by molar-refractivity contribution is 0.850. The molecule has 0 radical (unpaired) electrons. The summed E-state index contributed by atoms with van der Waals surface area (Å²) in [5.74, 6) is 1.68. The molecule has 0 saturated carbocycles. The molecule has 0 N–H and O–H groups in total. The highest BCUT2D eigenvalue weighted by atomic mass is 15.3. The highest BCUT2D eigenvalue weighted by Crippen LogP contribution is 2.26. The molecule has 26 heavy (non-hydrogen) atoms. The summed E-state index contributed by atoms with van der Waals surface area (Å²) in [6.07, 6.45) is 0. The van der Waals surface area contributed by atoms with Crippen LogP contribution in [0.2, 0.25) is 0 Å². The second-order valence-electron chi connectivity index (χ2n) is 6.59. The van der Waals surface area contributed by atoms with Gasteiger partial charge in [-0.3, -0.25) is 0 Å². The summed E-state index contributed by atoms with van der Waals surface area (Å²) in [6, 6.07) is 21.0. The minimum atomic E-state index is 0.745. The molecule has 1 heterocycles. The molecule has 134 valence electrons. The lowest BCUT2D eigenvalue weighted by atomic mass is 10.2. The number of hydrogen-bond donors (Lipinski definition) is 0. The topological polar surface area (TPSA) is 32.3 Å². The largest absolute Gasteiger partial charge is 0.339 e. The van der Waals surface area contributed by atoms with Crippen LogP contribution in [0.5, 0.6) is 0 Å². The summed E-state index contributed by atoms with van der Waals surface area (Å²) in [6.45, 7) is 7.91. The number of rotatable bonds is 6. The van der Waals surface area contributed by atoms with E-state index in [0.29, 0.717) is 0 Å². The number of anilines is 3. The molecule has 0 amide bonds. The molecule has 0 unspecified atom stereocenters. The van der Waals surface area contributed by atoms with Crippen molar-refractivity contribution in [3.63, 3.8) is 0 Å². The smallest absolute Gasteiger partial charge is 0.227 e. The first kappa shape index (κ1) is 17.9. The Morgan fingerprint density at radius 3 is 2.35 bits per heavy atom. The number of hydrogen-bond acceptors (Lipinski definition) is 4. The third-order valence-electron chi connectivity index (χ3n) is 4.34. The summed E-state index contributed by atoms with van der Waals surface area (Å²) in [7, 11) is 2.04. The molecule has 4 nitrogen and oxygen atoms in total. The Morgan fingerprint density at radius 1 is 0.885 bits per heavy atom. The molecule has 0 atom stereocenters. The normalized spacial score (nSPS) is 10.6. The molecule has 2 aromatic carbocycles. The van der Waals surface area contributed by atoms with Crippen LogP contribution in [0.1, 0.15) is 23.7 Å². The Labute approximate surface area is 156 Å². The minimum Gasteiger partial charge on any atom is -0.339 e. The van der Waals surface area contributed by atoms with Crippen molar-refractivity contribution in [2.75, 3.05) is 23.4 Å². The van der Waals surface area contributed by atoms with Crippen molar-refractivity contribution in [2.24, 2.45) is 0 Å². The molecule has 0 spiro atoms. The van der Waals surface area contributed by atoms with Gasteiger partial charge in [0.25, 0.3) is 0 Å². The molecule has 3 aromatic rings. The molecular weight excluding hydrogens is 320 g/mol. The maximum atomic E-state index is 4.85. The van der Waals surface area contributed by atoms with Crippen molar-refractivity contribution >= 4 is 17.5 Å². The molecular formula is C22H26N4. The summed E-state index contributed by atoms with van der Waals surface area (Å²) in [5.41, 5.74) is 4.61. The lowest BCUT2D eigenvalue weighted by Gasteiger charge is -2.25. The van der Waals surface area contributed by atoms with Gasteiger partial charge in [0.1, 0.15) is 5.82 Å². The minimum absolute atomic E-state index is 0.745. The van der Waals surface area contributed by atoms with Crippen LogP contribution in [0.3, 0.4) is 0 Å². The van der Waals surface area contributed by atoms with E-state index in [0.717, 1.165) is 36.2 Å². The maximum absolute atomic E-state index is 4.85. The van der Waals surface area contributed by atoms with Crippen molar-refractivity contribution in [3.8, 4) is 0 Å². The maximum Gasteiger partial charge on any atom is 0.227 e. The Balaban J connectivity index is 1.91. The van der Waals surface area contributed by atoms with Gasteiger partial charge in [-0.05, 0) is 44.0 Å². The zero-order valence-electron chi connectivity index (χ0n) is 16.0. The molecule has 0 aliphatic rings. The first-order chi connectivity index (χ1) is 12.6. The van der Waals surface area contributed by atoms with E-state index < -0.39 is 0 Å². The first-order valence-electron chi connectivity index (χ1n) is 9.01. The van der Waals surface area contributed by atoms with Crippen LogP contribution in [0.15, 0.2) is 60.7 Å². The van der Waals surface area contributed by atoms with E-state index in [1.54, 1.807) is 0 Å². The predicted octanol–water partition coefficient (Wildman–Crippen LogP) is 4.89. The zero-order valence-corrected chi connectivity index (χ0v) is 16.0. The van der Waals surface area contributed by atoms with E-state index >= 15 is 0 Å². The third-order valence-corrected chi connectivity index (χ3v) is 4.34. The van der Waals surface area contributed by atoms with Gasteiger partial charge in [0.15, 0.2) is 0 Å². The predicted molar refractivity (Wildman–Crippen MR) is 109 cm³/mol. The zero-order chi connectivity index (χ0) is 18.5. The van der Waals surface area contributed by atoms with Gasteiger partial charge >= 0.3 is 0 Å². The Kier molecular flexibility index (Phi) is 5.52. The monoisotopic (exact) mass is 346 g/mol. The Bertz CT molecular complexity index is 861. The van der Waals surface area contributed by atoms with Gasteiger partial charge in [-0.15, -0.1) is 0 Å². The van der Waals surface area contributed by atoms with Crippen molar-refractivity contribution in [1.29, 1.82) is 0 Å². The fourth-order valence-electron chi connectivity index (χ4n) is 3.05. The van der Waals surface area contributed by atoms with E-state index in [2.05, 4.69) is 77.2 Å². The van der Waals surface area contributed by atoms with Gasteiger partial charge in [-0.1, -0.05) is 42.5 Å². The number of nitrogens with zero attached hydrogens (tertiary/aromatic N) is 4. The Morgan fingerprint density at radius 2 is 1.65 bits per heavy atom. The SMILES string of the molecule is CCN(c1cccc(C)c1)c1cc(C)nc(N(C)Cc2ccccc2)n1. The molecule has 1 aromatic heterocycles. The average molecular weight is 346 g/mol. The van der Waals surface area contributed by atoms with Crippen LogP contribution in [0, 0.1) is 13.8 Å². The van der Waals surface area contributed by atoms with E-state index in [4.69, 9.17) is 4.98 Å². The molecule has 0 aliphatic heterocycles. The standard InChI is InChI=1S/C22H26N4/c1-5-26(20-13-9-10-17(2)14-20)21-15-18(3)23-22(24-21)25(4)16-19-11-7-6-8-12-19/h6-15H,5,16H2,1-4H3. The van der Waals surface area contributed by atoms with Gasteiger partial charge in [-0.25, -0.2) is 4.98 Å².